The van der Waals surface area contributed by atoms with Crippen LogP contribution in [0.3, 0.4) is 0 Å². The molecule has 1 amide bonds. The molecular formula is C16H26ClN3O3S. The third-order valence-electron chi connectivity index (χ3n) is 4.00. The van der Waals surface area contributed by atoms with Crippen LogP contribution in [-0.2, 0) is 21.4 Å². The van der Waals surface area contributed by atoms with E-state index in [1.807, 2.05) is 30.3 Å². The zero-order chi connectivity index (χ0) is 16.7. The van der Waals surface area contributed by atoms with E-state index in [-0.39, 0.29) is 43.1 Å². The average Bonchev–Trinajstić information content (AvgIpc) is 2.54. The lowest BCUT2D eigenvalue weighted by Gasteiger charge is -2.27. The van der Waals surface area contributed by atoms with E-state index >= 15 is 0 Å². The summed E-state index contributed by atoms with van der Waals surface area (Å²) in [6, 6.07) is 9.67. The summed E-state index contributed by atoms with van der Waals surface area (Å²) in [5.41, 5.74) is 0.906. The van der Waals surface area contributed by atoms with Crippen LogP contribution in [0.4, 0.5) is 0 Å². The van der Waals surface area contributed by atoms with Gasteiger partial charge < -0.3 is 10.6 Å². The van der Waals surface area contributed by atoms with Crippen LogP contribution >= 0.6 is 12.4 Å². The Kier molecular flexibility index (Phi) is 8.69. The first-order valence-corrected chi connectivity index (χ1v) is 9.64. The summed E-state index contributed by atoms with van der Waals surface area (Å²) in [6.07, 6.45) is 1.60. The highest BCUT2D eigenvalue weighted by Gasteiger charge is 2.24. The van der Waals surface area contributed by atoms with E-state index in [9.17, 15) is 13.2 Å². The number of carbonyl (C=O) groups excluding carboxylic acids is 1. The SMILES string of the molecule is C[C@H]1C[C@@H](C(=O)NCCS(=O)(=O)NCc2ccccc2)CCN1.Cl. The number of halogens is 1. The van der Waals surface area contributed by atoms with Crippen LogP contribution in [0.2, 0.25) is 0 Å². The molecule has 3 N–H and O–H groups in total. The average molecular weight is 376 g/mol. The van der Waals surface area contributed by atoms with Crippen molar-refractivity contribution in [3.05, 3.63) is 35.9 Å². The van der Waals surface area contributed by atoms with Crippen molar-refractivity contribution in [3.8, 4) is 0 Å². The minimum Gasteiger partial charge on any atom is -0.355 e. The Labute approximate surface area is 150 Å². The van der Waals surface area contributed by atoms with Gasteiger partial charge in [0.05, 0.1) is 5.75 Å². The van der Waals surface area contributed by atoms with Gasteiger partial charge in [-0.05, 0) is 31.9 Å². The minimum atomic E-state index is -3.39. The van der Waals surface area contributed by atoms with Gasteiger partial charge in [0.25, 0.3) is 0 Å². The molecule has 1 saturated heterocycles. The molecule has 0 aliphatic carbocycles. The van der Waals surface area contributed by atoms with E-state index in [2.05, 4.69) is 22.3 Å². The Morgan fingerprint density at radius 2 is 2.00 bits per heavy atom. The predicted octanol–water partition coefficient (Wildman–Crippen LogP) is 1.03. The molecular weight excluding hydrogens is 350 g/mol. The molecule has 1 fully saturated rings. The lowest BCUT2D eigenvalue weighted by Crippen LogP contribution is -2.43. The Bertz CT molecular complexity index is 610. The predicted molar refractivity (Wildman–Crippen MR) is 97.5 cm³/mol. The number of hydrogen-bond donors (Lipinski definition) is 3. The fourth-order valence-corrected chi connectivity index (χ4v) is 3.59. The lowest BCUT2D eigenvalue weighted by atomic mass is 9.92. The van der Waals surface area contributed by atoms with Crippen LogP contribution in [0.1, 0.15) is 25.3 Å². The standard InChI is InChI=1S/C16H25N3O3S.ClH/c1-13-11-15(7-8-17-13)16(20)18-9-10-23(21,22)19-12-14-5-3-2-4-6-14;/h2-6,13,15,17,19H,7-12H2,1H3,(H,18,20);1H/t13-,15-;/m0./s1. The maximum Gasteiger partial charge on any atom is 0.223 e. The second kappa shape index (κ2) is 9.98. The fraction of sp³-hybridized carbons (Fsp3) is 0.562. The van der Waals surface area contributed by atoms with Gasteiger partial charge in [-0.25, -0.2) is 13.1 Å². The first kappa shape index (κ1) is 20.9. The molecule has 6 nitrogen and oxygen atoms in total. The van der Waals surface area contributed by atoms with Gasteiger partial charge in [-0.3, -0.25) is 4.79 Å². The fourth-order valence-electron chi connectivity index (χ4n) is 2.68. The highest BCUT2D eigenvalue weighted by Crippen LogP contribution is 2.15. The topological polar surface area (TPSA) is 87.3 Å². The van der Waals surface area contributed by atoms with Crippen LogP contribution in [0.15, 0.2) is 30.3 Å². The molecule has 0 saturated carbocycles. The Balaban J connectivity index is 0.00000288. The number of nitrogens with one attached hydrogen (secondary N) is 3. The Hall–Kier alpha value is -1.15. The first-order chi connectivity index (χ1) is 11.0. The molecule has 1 heterocycles. The second-order valence-corrected chi connectivity index (χ2v) is 7.92. The Morgan fingerprint density at radius 1 is 1.29 bits per heavy atom. The van der Waals surface area contributed by atoms with Gasteiger partial charge in [-0.2, -0.15) is 0 Å². The van der Waals surface area contributed by atoms with Crippen molar-refractivity contribution < 1.29 is 13.2 Å². The first-order valence-electron chi connectivity index (χ1n) is 7.98. The van der Waals surface area contributed by atoms with Crippen LogP contribution in [0, 0.1) is 5.92 Å². The quantitative estimate of drug-likeness (QED) is 0.664. The van der Waals surface area contributed by atoms with Crippen molar-refractivity contribution in [1.82, 2.24) is 15.4 Å². The molecule has 0 bridgehead atoms. The van der Waals surface area contributed by atoms with Gasteiger partial charge in [-0.15, -0.1) is 12.4 Å². The normalized spacial score (nSPS) is 20.9. The van der Waals surface area contributed by atoms with Crippen molar-refractivity contribution in [2.24, 2.45) is 5.92 Å². The van der Waals surface area contributed by atoms with Crippen molar-refractivity contribution in [3.63, 3.8) is 0 Å². The van der Waals surface area contributed by atoms with Gasteiger partial charge in [0.15, 0.2) is 0 Å². The van der Waals surface area contributed by atoms with Gasteiger partial charge >= 0.3 is 0 Å². The van der Waals surface area contributed by atoms with E-state index in [0.717, 1.165) is 24.9 Å². The summed E-state index contributed by atoms with van der Waals surface area (Å²) < 4.78 is 26.4. The maximum atomic E-state index is 12.1. The molecule has 2 atom stereocenters. The second-order valence-electron chi connectivity index (χ2n) is 5.99. The lowest BCUT2D eigenvalue weighted by molar-refractivity contribution is -0.125. The number of carbonyl (C=O) groups is 1. The van der Waals surface area contributed by atoms with Crippen LogP contribution in [0.25, 0.3) is 0 Å². The molecule has 2 rings (SSSR count). The number of rotatable bonds is 7. The summed E-state index contributed by atoms with van der Waals surface area (Å²) in [7, 11) is -3.39. The van der Waals surface area contributed by atoms with Crippen LogP contribution in [-0.4, -0.2) is 39.2 Å². The molecule has 1 aromatic carbocycles. The third kappa shape index (κ3) is 7.17. The summed E-state index contributed by atoms with van der Waals surface area (Å²) in [5.74, 6) is -0.172. The van der Waals surface area contributed by atoms with Gasteiger partial charge in [0, 0.05) is 25.0 Å². The molecule has 0 aromatic heterocycles. The highest BCUT2D eigenvalue weighted by molar-refractivity contribution is 7.89. The molecule has 136 valence electrons. The number of amides is 1. The summed E-state index contributed by atoms with van der Waals surface area (Å²) in [6.45, 7) is 3.29. The number of benzene rings is 1. The maximum absolute atomic E-state index is 12.1. The molecule has 24 heavy (non-hydrogen) atoms. The molecule has 1 aromatic rings. The molecule has 1 aliphatic rings. The Morgan fingerprint density at radius 3 is 2.67 bits per heavy atom. The van der Waals surface area contributed by atoms with E-state index in [1.54, 1.807) is 0 Å². The number of piperidine rings is 1. The molecule has 1 aliphatic heterocycles. The largest absolute Gasteiger partial charge is 0.355 e. The number of hydrogen-bond acceptors (Lipinski definition) is 4. The minimum absolute atomic E-state index is 0. The molecule has 8 heteroatoms. The molecule has 0 spiro atoms. The zero-order valence-electron chi connectivity index (χ0n) is 13.8. The summed E-state index contributed by atoms with van der Waals surface area (Å²) in [4.78, 5) is 12.1. The summed E-state index contributed by atoms with van der Waals surface area (Å²) in [5, 5.41) is 6.03. The summed E-state index contributed by atoms with van der Waals surface area (Å²) >= 11 is 0. The molecule has 0 radical (unpaired) electrons. The highest BCUT2D eigenvalue weighted by atomic mass is 35.5. The van der Waals surface area contributed by atoms with Crippen molar-refractivity contribution in [1.29, 1.82) is 0 Å². The van der Waals surface area contributed by atoms with Crippen molar-refractivity contribution in [2.75, 3.05) is 18.8 Å². The van der Waals surface area contributed by atoms with Crippen LogP contribution in [0.5, 0.6) is 0 Å². The van der Waals surface area contributed by atoms with Crippen molar-refractivity contribution >= 4 is 28.3 Å². The number of sulfonamides is 1. The van der Waals surface area contributed by atoms with Crippen molar-refractivity contribution in [2.45, 2.75) is 32.4 Å². The van der Waals surface area contributed by atoms with E-state index in [0.29, 0.717) is 6.04 Å². The monoisotopic (exact) mass is 375 g/mol. The van der Waals surface area contributed by atoms with Gasteiger partial charge in [-0.1, -0.05) is 30.3 Å². The van der Waals surface area contributed by atoms with E-state index in [1.165, 1.54) is 0 Å². The van der Waals surface area contributed by atoms with Crippen LogP contribution < -0.4 is 15.4 Å². The smallest absolute Gasteiger partial charge is 0.223 e. The zero-order valence-corrected chi connectivity index (χ0v) is 15.5. The van der Waals surface area contributed by atoms with E-state index < -0.39 is 10.0 Å². The van der Waals surface area contributed by atoms with Gasteiger partial charge in [0.1, 0.15) is 0 Å². The van der Waals surface area contributed by atoms with Gasteiger partial charge in [0.2, 0.25) is 15.9 Å². The third-order valence-corrected chi connectivity index (χ3v) is 5.33. The van der Waals surface area contributed by atoms with E-state index in [4.69, 9.17) is 0 Å². The molecule has 0 unspecified atom stereocenters.